The predicted octanol–water partition coefficient (Wildman–Crippen LogP) is 3.18. The van der Waals surface area contributed by atoms with Gasteiger partial charge in [0.1, 0.15) is 0 Å². The quantitative estimate of drug-likeness (QED) is 0.783. The van der Waals surface area contributed by atoms with Crippen molar-refractivity contribution in [1.82, 2.24) is 0 Å². The highest BCUT2D eigenvalue weighted by Gasteiger charge is 2.14. The molecule has 0 radical (unpaired) electrons. The van der Waals surface area contributed by atoms with Crippen LogP contribution in [-0.4, -0.2) is 21.0 Å². The van der Waals surface area contributed by atoms with Gasteiger partial charge in [-0.2, -0.15) is 0 Å². The fourth-order valence-corrected chi connectivity index (χ4v) is 2.52. The van der Waals surface area contributed by atoms with E-state index >= 15 is 0 Å². The zero-order chi connectivity index (χ0) is 12.1. The van der Waals surface area contributed by atoms with Crippen molar-refractivity contribution in [3.8, 4) is 0 Å². The van der Waals surface area contributed by atoms with E-state index < -0.39 is 10.8 Å². The van der Waals surface area contributed by atoms with Gasteiger partial charge in [-0.25, -0.2) is 0 Å². The first-order valence-electron chi connectivity index (χ1n) is 5.20. The van der Waals surface area contributed by atoms with Crippen molar-refractivity contribution < 1.29 is 9.00 Å². The Bertz CT molecular complexity index is 387. The lowest BCUT2D eigenvalue weighted by Gasteiger charge is -2.07. The summed E-state index contributed by atoms with van der Waals surface area (Å²) in [7, 11) is -1.06. The van der Waals surface area contributed by atoms with Gasteiger partial charge in [0, 0.05) is 26.1 Å². The van der Waals surface area contributed by atoms with Gasteiger partial charge in [-0.1, -0.05) is 41.9 Å². The molecule has 2 unspecified atom stereocenters. The van der Waals surface area contributed by atoms with Gasteiger partial charge in [0.15, 0.2) is 5.78 Å². The zero-order valence-electron chi connectivity index (χ0n) is 9.40. The highest BCUT2D eigenvalue weighted by Crippen LogP contribution is 2.12. The van der Waals surface area contributed by atoms with Gasteiger partial charge in [0.05, 0.1) is 5.75 Å². The second kappa shape index (κ2) is 6.30. The van der Waals surface area contributed by atoms with Crippen LogP contribution >= 0.6 is 15.9 Å². The fourth-order valence-electron chi connectivity index (χ4n) is 1.18. The molecule has 0 fully saturated rings. The minimum Gasteiger partial charge on any atom is -0.293 e. The third kappa shape index (κ3) is 3.83. The van der Waals surface area contributed by atoms with Crippen LogP contribution in [0.5, 0.6) is 0 Å². The average molecular weight is 303 g/mol. The molecule has 0 saturated carbocycles. The van der Waals surface area contributed by atoms with Crippen molar-refractivity contribution in [3.05, 3.63) is 34.3 Å². The normalized spacial score (nSPS) is 14.4. The van der Waals surface area contributed by atoms with Gasteiger partial charge in [0.25, 0.3) is 0 Å². The number of carbonyl (C=O) groups is 1. The molecule has 1 aromatic rings. The number of benzene rings is 1. The SMILES string of the molecule is CCC(C)S(=O)CC(=O)c1ccc(Br)cc1. The first kappa shape index (κ1) is 13.6. The van der Waals surface area contributed by atoms with E-state index in [9.17, 15) is 9.00 Å². The number of carbonyl (C=O) groups excluding carboxylic acids is 1. The van der Waals surface area contributed by atoms with Crippen molar-refractivity contribution in [3.63, 3.8) is 0 Å². The summed E-state index contributed by atoms with van der Waals surface area (Å²) >= 11 is 3.31. The van der Waals surface area contributed by atoms with Gasteiger partial charge in [-0.3, -0.25) is 9.00 Å². The topological polar surface area (TPSA) is 34.1 Å². The van der Waals surface area contributed by atoms with E-state index in [0.29, 0.717) is 5.56 Å². The summed E-state index contributed by atoms with van der Waals surface area (Å²) in [6.45, 7) is 3.89. The number of ketones is 1. The van der Waals surface area contributed by atoms with E-state index in [4.69, 9.17) is 0 Å². The second-order valence-electron chi connectivity index (χ2n) is 3.67. The first-order chi connectivity index (χ1) is 7.54. The number of hydrogen-bond acceptors (Lipinski definition) is 2. The van der Waals surface area contributed by atoms with Crippen LogP contribution < -0.4 is 0 Å². The molecular weight excluding hydrogens is 288 g/mol. The molecule has 2 atom stereocenters. The third-order valence-corrected chi connectivity index (χ3v) is 4.77. The van der Waals surface area contributed by atoms with Crippen LogP contribution in [-0.2, 0) is 10.8 Å². The van der Waals surface area contributed by atoms with Crippen LogP contribution in [0.25, 0.3) is 0 Å². The van der Waals surface area contributed by atoms with Crippen LogP contribution in [0.2, 0.25) is 0 Å². The molecule has 0 spiro atoms. The monoisotopic (exact) mass is 302 g/mol. The number of Topliss-reactive ketones (excluding diaryl/α,β-unsaturated/α-hetero) is 1. The molecule has 4 heteroatoms. The summed E-state index contributed by atoms with van der Waals surface area (Å²) in [6, 6.07) is 7.14. The minimum atomic E-state index is -1.06. The molecule has 0 amide bonds. The van der Waals surface area contributed by atoms with Gasteiger partial charge < -0.3 is 0 Å². The van der Waals surface area contributed by atoms with Crippen molar-refractivity contribution in [2.75, 3.05) is 5.75 Å². The lowest BCUT2D eigenvalue weighted by atomic mass is 10.2. The van der Waals surface area contributed by atoms with E-state index in [2.05, 4.69) is 15.9 Å². The highest BCUT2D eigenvalue weighted by molar-refractivity contribution is 9.10. The molecule has 0 saturated heterocycles. The van der Waals surface area contributed by atoms with Crippen LogP contribution in [0.4, 0.5) is 0 Å². The zero-order valence-corrected chi connectivity index (χ0v) is 11.8. The molecule has 0 heterocycles. The molecular formula is C12H15BrO2S. The van der Waals surface area contributed by atoms with E-state index in [1.54, 1.807) is 12.1 Å². The molecule has 0 aliphatic rings. The molecule has 2 nitrogen and oxygen atoms in total. The van der Waals surface area contributed by atoms with Gasteiger partial charge >= 0.3 is 0 Å². The Kier molecular flexibility index (Phi) is 5.35. The maximum atomic E-state index is 11.8. The van der Waals surface area contributed by atoms with E-state index in [1.807, 2.05) is 26.0 Å². The molecule has 1 rings (SSSR count). The molecule has 0 aromatic heterocycles. The summed E-state index contributed by atoms with van der Waals surface area (Å²) in [5.74, 6) is 0.0718. The summed E-state index contributed by atoms with van der Waals surface area (Å²) in [6.07, 6.45) is 0.834. The molecule has 0 aliphatic heterocycles. The third-order valence-electron chi connectivity index (χ3n) is 2.46. The van der Waals surface area contributed by atoms with Gasteiger partial charge in [-0.05, 0) is 18.6 Å². The van der Waals surface area contributed by atoms with Crippen molar-refractivity contribution in [1.29, 1.82) is 0 Å². The molecule has 0 bridgehead atoms. The summed E-state index contributed by atoms with van der Waals surface area (Å²) in [5, 5.41) is 0.0828. The smallest absolute Gasteiger partial charge is 0.175 e. The van der Waals surface area contributed by atoms with Crippen molar-refractivity contribution in [2.24, 2.45) is 0 Å². The van der Waals surface area contributed by atoms with E-state index in [1.165, 1.54) is 0 Å². The summed E-state index contributed by atoms with van der Waals surface area (Å²) in [4.78, 5) is 11.8. The number of halogens is 1. The lowest BCUT2D eigenvalue weighted by molar-refractivity contribution is 0.102. The van der Waals surface area contributed by atoms with Crippen LogP contribution in [0.1, 0.15) is 30.6 Å². The Morgan fingerprint density at radius 3 is 2.44 bits per heavy atom. The second-order valence-corrected chi connectivity index (χ2v) is 6.44. The van der Waals surface area contributed by atoms with Crippen molar-refractivity contribution >= 4 is 32.5 Å². The number of hydrogen-bond donors (Lipinski definition) is 0. The van der Waals surface area contributed by atoms with Gasteiger partial charge in [-0.15, -0.1) is 0 Å². The predicted molar refractivity (Wildman–Crippen MR) is 71.2 cm³/mol. The lowest BCUT2D eigenvalue weighted by Crippen LogP contribution is -2.19. The standard InChI is InChI=1S/C12H15BrO2S/c1-3-9(2)16(15)8-12(14)10-4-6-11(13)7-5-10/h4-7,9H,3,8H2,1-2H3. The summed E-state index contributed by atoms with van der Waals surface area (Å²) < 4.78 is 12.6. The minimum absolute atomic E-state index is 0.0499. The van der Waals surface area contributed by atoms with Gasteiger partial charge in [0.2, 0.25) is 0 Å². The average Bonchev–Trinajstić information content (AvgIpc) is 2.28. The molecule has 1 aromatic carbocycles. The van der Waals surface area contributed by atoms with Crippen molar-refractivity contribution in [2.45, 2.75) is 25.5 Å². The Hall–Kier alpha value is -0.480. The molecule has 0 N–H and O–H groups in total. The Morgan fingerprint density at radius 2 is 1.94 bits per heavy atom. The van der Waals surface area contributed by atoms with E-state index in [0.717, 1.165) is 10.9 Å². The van der Waals surface area contributed by atoms with E-state index in [-0.39, 0.29) is 16.8 Å². The Balaban J connectivity index is 2.66. The Morgan fingerprint density at radius 1 is 1.38 bits per heavy atom. The maximum Gasteiger partial charge on any atom is 0.175 e. The molecule has 16 heavy (non-hydrogen) atoms. The maximum absolute atomic E-state index is 11.8. The largest absolute Gasteiger partial charge is 0.293 e. The van der Waals surface area contributed by atoms with Crippen LogP contribution in [0.3, 0.4) is 0 Å². The highest BCUT2D eigenvalue weighted by atomic mass is 79.9. The number of rotatable bonds is 5. The Labute approximate surface area is 107 Å². The molecule has 0 aliphatic carbocycles. The van der Waals surface area contributed by atoms with Crippen LogP contribution in [0, 0.1) is 0 Å². The summed E-state index contributed by atoms with van der Waals surface area (Å²) in [5.41, 5.74) is 0.625. The first-order valence-corrected chi connectivity index (χ1v) is 7.38. The fraction of sp³-hybridized carbons (Fsp3) is 0.417. The van der Waals surface area contributed by atoms with Crippen LogP contribution in [0.15, 0.2) is 28.7 Å². The molecule has 88 valence electrons.